The lowest BCUT2D eigenvalue weighted by Crippen LogP contribution is -2.23. The number of rotatable bonds is 9. The van der Waals surface area contributed by atoms with E-state index in [1.165, 1.54) is 28.7 Å². The number of nitrogens with zero attached hydrogens (tertiary/aromatic N) is 4. The minimum atomic E-state index is -0.353. The highest BCUT2D eigenvalue weighted by molar-refractivity contribution is 8.00. The van der Waals surface area contributed by atoms with E-state index in [-0.39, 0.29) is 23.3 Å². The largest absolute Gasteiger partial charge is 0.483 e. The van der Waals surface area contributed by atoms with Crippen LogP contribution in [0.15, 0.2) is 34.8 Å². The van der Waals surface area contributed by atoms with Crippen molar-refractivity contribution in [1.29, 1.82) is 0 Å². The van der Waals surface area contributed by atoms with Crippen LogP contribution in [0.2, 0.25) is 0 Å². The molecule has 0 saturated carbocycles. The molecule has 0 bridgehead atoms. The van der Waals surface area contributed by atoms with E-state index < -0.39 is 0 Å². The zero-order valence-corrected chi connectivity index (χ0v) is 21.3. The van der Waals surface area contributed by atoms with Crippen LogP contribution in [0.3, 0.4) is 0 Å². The highest BCUT2D eigenvalue weighted by Gasteiger charge is 2.25. The van der Waals surface area contributed by atoms with Gasteiger partial charge >= 0.3 is 0 Å². The number of thiazole rings is 1. The molecule has 1 aromatic carbocycles. The highest BCUT2D eigenvalue weighted by atomic mass is 32.2. The van der Waals surface area contributed by atoms with Crippen molar-refractivity contribution in [3.63, 3.8) is 0 Å². The number of benzene rings is 1. The van der Waals surface area contributed by atoms with Crippen LogP contribution < -0.4 is 10.1 Å². The number of carbonyl (C=O) groups excluding carboxylic acids is 1. The van der Waals surface area contributed by atoms with Crippen molar-refractivity contribution in [2.24, 2.45) is 0 Å². The number of ether oxygens (including phenoxy) is 1. The Bertz CT molecular complexity index is 1040. The van der Waals surface area contributed by atoms with Gasteiger partial charge in [0.15, 0.2) is 22.2 Å². The third-order valence-corrected chi connectivity index (χ3v) is 6.86. The third kappa shape index (κ3) is 5.89. The molecule has 0 fully saturated rings. The zero-order chi connectivity index (χ0) is 23.4. The van der Waals surface area contributed by atoms with Crippen molar-refractivity contribution in [3.05, 3.63) is 46.7 Å². The Morgan fingerprint density at radius 2 is 1.78 bits per heavy atom. The molecule has 1 amide bonds. The van der Waals surface area contributed by atoms with Gasteiger partial charge in [0.1, 0.15) is 5.75 Å². The molecule has 0 aliphatic rings. The fourth-order valence-corrected chi connectivity index (χ4v) is 4.83. The number of carbonyl (C=O) groups is 1. The molecule has 2 unspecified atom stereocenters. The molecule has 172 valence electrons. The summed E-state index contributed by atoms with van der Waals surface area (Å²) in [4.78, 5) is 16.9. The van der Waals surface area contributed by atoms with Crippen LogP contribution in [-0.4, -0.2) is 30.9 Å². The normalized spacial score (nSPS) is 13.4. The second-order valence-corrected chi connectivity index (χ2v) is 10.5. The lowest BCUT2D eigenvalue weighted by molar-refractivity contribution is -0.115. The standard InChI is InChI=1S/C23H31N5O2S2/c1-13(2)18-8-10-19(11-9-18)30-16(6)20-26-27-23(28(20)14(3)4)32-17(7)21(29)25-22-24-15(5)12-31-22/h8-14,16-17H,1-7H3,(H,24,25,29). The number of amides is 1. The van der Waals surface area contributed by atoms with Crippen LogP contribution in [0.5, 0.6) is 5.75 Å². The van der Waals surface area contributed by atoms with Crippen LogP contribution in [0.1, 0.15) is 76.7 Å². The van der Waals surface area contributed by atoms with Gasteiger partial charge in [-0.2, -0.15) is 0 Å². The van der Waals surface area contributed by atoms with Crippen LogP contribution >= 0.6 is 23.1 Å². The number of hydrogen-bond acceptors (Lipinski definition) is 7. The maximum atomic E-state index is 12.6. The molecule has 9 heteroatoms. The summed E-state index contributed by atoms with van der Waals surface area (Å²) in [5.74, 6) is 1.89. The first-order chi connectivity index (χ1) is 15.2. The number of aryl methyl sites for hydroxylation is 1. The number of nitrogens with one attached hydrogen (secondary N) is 1. The Hall–Kier alpha value is -2.39. The Labute approximate surface area is 198 Å². The summed E-state index contributed by atoms with van der Waals surface area (Å²) >= 11 is 2.80. The Morgan fingerprint density at radius 3 is 2.34 bits per heavy atom. The second-order valence-electron chi connectivity index (χ2n) is 8.33. The topological polar surface area (TPSA) is 81.9 Å². The lowest BCUT2D eigenvalue weighted by Gasteiger charge is -2.20. The molecule has 1 N–H and O–H groups in total. The predicted molar refractivity (Wildman–Crippen MR) is 131 cm³/mol. The van der Waals surface area contributed by atoms with Crippen LogP contribution in [0.25, 0.3) is 0 Å². The molecule has 2 heterocycles. The van der Waals surface area contributed by atoms with E-state index in [0.717, 1.165) is 17.3 Å². The van der Waals surface area contributed by atoms with Crippen molar-refractivity contribution >= 4 is 34.1 Å². The summed E-state index contributed by atoms with van der Waals surface area (Å²) in [6.07, 6.45) is -0.286. The summed E-state index contributed by atoms with van der Waals surface area (Å²) in [6.45, 7) is 14.2. The van der Waals surface area contributed by atoms with Gasteiger partial charge in [-0.3, -0.25) is 4.79 Å². The average Bonchev–Trinajstić information content (AvgIpc) is 3.34. The van der Waals surface area contributed by atoms with Gasteiger partial charge in [0, 0.05) is 11.4 Å². The highest BCUT2D eigenvalue weighted by Crippen LogP contribution is 2.30. The fraction of sp³-hybridized carbons (Fsp3) is 0.478. The first kappa shape index (κ1) is 24.3. The van der Waals surface area contributed by atoms with Gasteiger partial charge in [0.25, 0.3) is 0 Å². The molecule has 0 spiro atoms. The van der Waals surface area contributed by atoms with Crippen molar-refractivity contribution in [2.75, 3.05) is 5.32 Å². The zero-order valence-electron chi connectivity index (χ0n) is 19.6. The summed E-state index contributed by atoms with van der Waals surface area (Å²) in [6, 6.07) is 8.28. The summed E-state index contributed by atoms with van der Waals surface area (Å²) in [7, 11) is 0. The lowest BCUT2D eigenvalue weighted by atomic mass is 10.0. The Kier molecular flexibility index (Phi) is 7.95. The third-order valence-electron chi connectivity index (χ3n) is 4.93. The number of aromatic nitrogens is 4. The van der Waals surface area contributed by atoms with Crippen LogP contribution in [0, 0.1) is 6.92 Å². The fourth-order valence-electron chi connectivity index (χ4n) is 3.15. The number of hydrogen-bond donors (Lipinski definition) is 1. The average molecular weight is 474 g/mol. The van der Waals surface area contributed by atoms with E-state index in [4.69, 9.17) is 4.74 Å². The van der Waals surface area contributed by atoms with E-state index in [2.05, 4.69) is 60.3 Å². The van der Waals surface area contributed by atoms with Crippen molar-refractivity contribution in [3.8, 4) is 5.75 Å². The van der Waals surface area contributed by atoms with Crippen molar-refractivity contribution in [2.45, 2.75) is 76.9 Å². The summed E-state index contributed by atoms with van der Waals surface area (Å²) in [5, 5.41) is 14.5. The van der Waals surface area contributed by atoms with Gasteiger partial charge in [-0.05, 0) is 58.2 Å². The molecule has 3 rings (SSSR count). The molecule has 2 aromatic heterocycles. The van der Waals surface area contributed by atoms with E-state index in [1.54, 1.807) is 0 Å². The Morgan fingerprint density at radius 1 is 1.09 bits per heavy atom. The SMILES string of the molecule is Cc1csc(NC(=O)C(C)Sc2nnc(C(C)Oc3ccc(C(C)C)cc3)n2C(C)C)n1. The first-order valence-electron chi connectivity index (χ1n) is 10.8. The van der Waals surface area contributed by atoms with Gasteiger partial charge in [-0.25, -0.2) is 4.98 Å². The van der Waals surface area contributed by atoms with E-state index in [0.29, 0.717) is 16.2 Å². The van der Waals surface area contributed by atoms with E-state index in [9.17, 15) is 4.79 Å². The van der Waals surface area contributed by atoms with E-state index >= 15 is 0 Å². The molecule has 32 heavy (non-hydrogen) atoms. The molecule has 0 aliphatic heterocycles. The molecule has 7 nitrogen and oxygen atoms in total. The van der Waals surface area contributed by atoms with Crippen molar-refractivity contribution < 1.29 is 9.53 Å². The van der Waals surface area contributed by atoms with Gasteiger partial charge in [0.05, 0.1) is 10.9 Å². The molecule has 3 aromatic rings. The minimum Gasteiger partial charge on any atom is -0.483 e. The molecular weight excluding hydrogens is 442 g/mol. The number of anilines is 1. The number of thioether (sulfide) groups is 1. The van der Waals surface area contributed by atoms with Crippen LogP contribution in [0.4, 0.5) is 5.13 Å². The van der Waals surface area contributed by atoms with Crippen molar-refractivity contribution in [1.82, 2.24) is 19.7 Å². The monoisotopic (exact) mass is 473 g/mol. The molecule has 0 saturated heterocycles. The van der Waals surface area contributed by atoms with Crippen LogP contribution in [-0.2, 0) is 4.79 Å². The van der Waals surface area contributed by atoms with Gasteiger partial charge < -0.3 is 14.6 Å². The van der Waals surface area contributed by atoms with Gasteiger partial charge in [0.2, 0.25) is 5.91 Å². The second kappa shape index (κ2) is 10.5. The summed E-state index contributed by atoms with van der Waals surface area (Å²) in [5.41, 5.74) is 2.16. The molecule has 0 radical (unpaired) electrons. The molecule has 0 aliphatic carbocycles. The summed E-state index contributed by atoms with van der Waals surface area (Å²) < 4.78 is 8.19. The van der Waals surface area contributed by atoms with E-state index in [1.807, 2.05) is 42.9 Å². The molecule has 2 atom stereocenters. The van der Waals surface area contributed by atoms with Gasteiger partial charge in [-0.15, -0.1) is 21.5 Å². The smallest absolute Gasteiger partial charge is 0.239 e. The quantitative estimate of drug-likeness (QED) is 0.383. The minimum absolute atomic E-state index is 0.112. The maximum absolute atomic E-state index is 12.6. The Balaban J connectivity index is 1.71. The first-order valence-corrected chi connectivity index (χ1v) is 12.5. The molecular formula is C23H31N5O2S2. The maximum Gasteiger partial charge on any atom is 0.239 e. The predicted octanol–water partition coefficient (Wildman–Crippen LogP) is 6.01. The van der Waals surface area contributed by atoms with Gasteiger partial charge in [-0.1, -0.05) is 37.7 Å².